The minimum atomic E-state index is -0.742. The van der Waals surface area contributed by atoms with Crippen LogP contribution in [-0.2, 0) is 22.6 Å². The van der Waals surface area contributed by atoms with Gasteiger partial charge in [-0.1, -0.05) is 85.6 Å². The van der Waals surface area contributed by atoms with E-state index in [4.69, 9.17) is 27.9 Å². The Labute approximate surface area is 217 Å². The van der Waals surface area contributed by atoms with Gasteiger partial charge in [0, 0.05) is 29.6 Å². The van der Waals surface area contributed by atoms with Gasteiger partial charge in [0.2, 0.25) is 5.91 Å². The van der Waals surface area contributed by atoms with Crippen molar-refractivity contribution >= 4 is 35.0 Å². The van der Waals surface area contributed by atoms with Crippen molar-refractivity contribution in [2.75, 3.05) is 13.2 Å². The van der Waals surface area contributed by atoms with Crippen LogP contribution in [0.3, 0.4) is 0 Å². The number of nitrogens with zero attached hydrogens (tertiary/aromatic N) is 1. The van der Waals surface area contributed by atoms with Crippen LogP contribution in [0.4, 0.5) is 0 Å². The topological polar surface area (TPSA) is 58.6 Å². The zero-order chi connectivity index (χ0) is 25.2. The van der Waals surface area contributed by atoms with Gasteiger partial charge in [0.15, 0.2) is 6.61 Å². The van der Waals surface area contributed by atoms with Gasteiger partial charge in [0.25, 0.3) is 5.91 Å². The van der Waals surface area contributed by atoms with Crippen LogP contribution in [0, 0.1) is 5.92 Å². The second-order valence-electron chi connectivity index (χ2n) is 8.70. The van der Waals surface area contributed by atoms with Crippen LogP contribution in [0.5, 0.6) is 5.75 Å². The number of halogens is 2. The molecule has 0 aliphatic carbocycles. The highest BCUT2D eigenvalue weighted by Gasteiger charge is 2.31. The Morgan fingerprint density at radius 1 is 0.914 bits per heavy atom. The molecule has 0 saturated carbocycles. The average Bonchev–Trinajstić information content (AvgIpc) is 2.85. The normalized spacial score (nSPS) is 11.7. The summed E-state index contributed by atoms with van der Waals surface area (Å²) in [4.78, 5) is 28.5. The summed E-state index contributed by atoms with van der Waals surface area (Å²) in [5, 5.41) is 4.11. The first-order chi connectivity index (χ1) is 16.8. The van der Waals surface area contributed by atoms with Crippen LogP contribution in [0.15, 0.2) is 78.9 Å². The molecule has 1 N–H and O–H groups in total. The predicted molar refractivity (Wildman–Crippen MR) is 141 cm³/mol. The van der Waals surface area contributed by atoms with E-state index in [1.165, 1.54) is 0 Å². The van der Waals surface area contributed by atoms with Crippen LogP contribution < -0.4 is 10.1 Å². The van der Waals surface area contributed by atoms with E-state index in [2.05, 4.69) is 5.32 Å². The van der Waals surface area contributed by atoms with Gasteiger partial charge < -0.3 is 15.0 Å². The Bertz CT molecular complexity index is 1100. The van der Waals surface area contributed by atoms with Crippen molar-refractivity contribution in [1.29, 1.82) is 0 Å². The van der Waals surface area contributed by atoms with Gasteiger partial charge >= 0.3 is 0 Å². The van der Waals surface area contributed by atoms with E-state index < -0.39 is 6.04 Å². The minimum absolute atomic E-state index is 0.176. The van der Waals surface area contributed by atoms with Crippen molar-refractivity contribution in [3.05, 3.63) is 100 Å². The van der Waals surface area contributed by atoms with E-state index in [-0.39, 0.29) is 30.9 Å². The van der Waals surface area contributed by atoms with Crippen LogP contribution in [-0.4, -0.2) is 35.9 Å². The summed E-state index contributed by atoms with van der Waals surface area (Å²) < 4.78 is 5.74. The number of carbonyl (C=O) groups excluding carboxylic acids is 2. The molecule has 3 aromatic rings. The first-order valence-electron chi connectivity index (χ1n) is 11.6. The lowest BCUT2D eigenvalue weighted by molar-refractivity contribution is -0.142. The molecule has 35 heavy (non-hydrogen) atoms. The molecule has 0 bridgehead atoms. The van der Waals surface area contributed by atoms with E-state index in [0.29, 0.717) is 28.8 Å². The molecule has 3 rings (SSSR count). The average molecular weight is 513 g/mol. The minimum Gasteiger partial charge on any atom is -0.484 e. The lowest BCUT2D eigenvalue weighted by atomic mass is 10.0. The SMILES string of the molecule is CC(C)CNC(=O)C(Cc1ccccc1)N(Cc1ccccc1Cl)C(=O)COc1ccc(Cl)cc1. The van der Waals surface area contributed by atoms with Crippen molar-refractivity contribution in [2.45, 2.75) is 32.9 Å². The fourth-order valence-corrected chi connectivity index (χ4v) is 3.87. The molecule has 3 aromatic carbocycles. The highest BCUT2D eigenvalue weighted by molar-refractivity contribution is 6.31. The number of benzene rings is 3. The second-order valence-corrected chi connectivity index (χ2v) is 9.54. The zero-order valence-electron chi connectivity index (χ0n) is 19.9. The van der Waals surface area contributed by atoms with Crippen LogP contribution in [0.25, 0.3) is 0 Å². The molecule has 0 aliphatic heterocycles. The third-order valence-corrected chi connectivity index (χ3v) is 6.05. The Morgan fingerprint density at radius 2 is 1.57 bits per heavy atom. The molecule has 0 aliphatic rings. The van der Waals surface area contributed by atoms with Gasteiger partial charge in [-0.25, -0.2) is 0 Å². The molecule has 0 saturated heterocycles. The van der Waals surface area contributed by atoms with Crippen LogP contribution in [0.1, 0.15) is 25.0 Å². The number of hydrogen-bond donors (Lipinski definition) is 1. The van der Waals surface area contributed by atoms with Crippen molar-refractivity contribution in [1.82, 2.24) is 10.2 Å². The molecule has 0 heterocycles. The van der Waals surface area contributed by atoms with Gasteiger partial charge in [-0.05, 0) is 47.4 Å². The van der Waals surface area contributed by atoms with Gasteiger partial charge in [-0.3, -0.25) is 9.59 Å². The van der Waals surface area contributed by atoms with Gasteiger partial charge in [-0.2, -0.15) is 0 Å². The van der Waals surface area contributed by atoms with Crippen molar-refractivity contribution in [2.24, 2.45) is 5.92 Å². The quantitative estimate of drug-likeness (QED) is 0.354. The molecule has 5 nitrogen and oxygen atoms in total. The van der Waals surface area contributed by atoms with E-state index >= 15 is 0 Å². The van der Waals surface area contributed by atoms with Crippen LogP contribution in [0.2, 0.25) is 10.0 Å². The summed E-state index contributed by atoms with van der Waals surface area (Å²) in [6.07, 6.45) is 0.363. The third kappa shape index (κ3) is 8.30. The molecular weight excluding hydrogens is 483 g/mol. The highest BCUT2D eigenvalue weighted by atomic mass is 35.5. The number of nitrogens with one attached hydrogen (secondary N) is 1. The number of hydrogen-bond acceptors (Lipinski definition) is 3. The molecule has 0 aromatic heterocycles. The maximum absolute atomic E-state index is 13.5. The molecular formula is C28H30Cl2N2O3. The summed E-state index contributed by atoms with van der Waals surface area (Å²) in [6, 6.07) is 23.0. The maximum Gasteiger partial charge on any atom is 0.261 e. The summed E-state index contributed by atoms with van der Waals surface area (Å²) in [6.45, 7) is 4.52. The summed E-state index contributed by atoms with van der Waals surface area (Å²) in [5.74, 6) is 0.261. The standard InChI is InChI=1S/C28H30Cl2N2O3/c1-20(2)17-31-28(34)26(16-21-8-4-3-5-9-21)32(18-22-10-6-7-11-25(22)30)27(33)19-35-24-14-12-23(29)13-15-24/h3-15,20,26H,16-19H2,1-2H3,(H,31,34). The van der Waals surface area contributed by atoms with Crippen molar-refractivity contribution in [3.8, 4) is 5.75 Å². The van der Waals surface area contributed by atoms with E-state index in [1.54, 1.807) is 35.2 Å². The number of ether oxygens (including phenoxy) is 1. The molecule has 1 atom stereocenters. The van der Waals surface area contributed by atoms with Crippen molar-refractivity contribution in [3.63, 3.8) is 0 Å². The Hall–Kier alpha value is -3.02. The van der Waals surface area contributed by atoms with Crippen LogP contribution >= 0.6 is 23.2 Å². The summed E-state index contributed by atoms with van der Waals surface area (Å²) in [7, 11) is 0. The zero-order valence-corrected chi connectivity index (χ0v) is 21.4. The molecule has 0 radical (unpaired) electrons. The second kappa shape index (κ2) is 13.2. The maximum atomic E-state index is 13.5. The van der Waals surface area contributed by atoms with Crippen molar-refractivity contribution < 1.29 is 14.3 Å². The molecule has 1 unspecified atom stereocenters. The van der Waals surface area contributed by atoms with Gasteiger partial charge in [0.05, 0.1) is 0 Å². The molecule has 7 heteroatoms. The largest absolute Gasteiger partial charge is 0.484 e. The Kier molecular flexibility index (Phi) is 10.0. The number of carbonyl (C=O) groups is 2. The Balaban J connectivity index is 1.90. The molecule has 184 valence electrons. The Morgan fingerprint density at radius 3 is 2.23 bits per heavy atom. The fourth-order valence-electron chi connectivity index (χ4n) is 3.55. The summed E-state index contributed by atoms with van der Waals surface area (Å²) in [5.41, 5.74) is 1.71. The first kappa shape index (κ1) is 26.6. The third-order valence-electron chi connectivity index (χ3n) is 5.43. The molecule has 0 spiro atoms. The lowest BCUT2D eigenvalue weighted by Gasteiger charge is -2.32. The van der Waals surface area contributed by atoms with E-state index in [1.807, 2.05) is 62.4 Å². The number of rotatable bonds is 11. The van der Waals surface area contributed by atoms with Gasteiger partial charge in [0.1, 0.15) is 11.8 Å². The highest BCUT2D eigenvalue weighted by Crippen LogP contribution is 2.21. The van der Waals surface area contributed by atoms with E-state index in [9.17, 15) is 9.59 Å². The predicted octanol–water partition coefficient (Wildman–Crippen LogP) is 5.78. The molecule has 2 amide bonds. The van der Waals surface area contributed by atoms with Gasteiger partial charge in [-0.15, -0.1) is 0 Å². The number of amides is 2. The monoisotopic (exact) mass is 512 g/mol. The first-order valence-corrected chi connectivity index (χ1v) is 12.3. The smallest absolute Gasteiger partial charge is 0.261 e. The fraction of sp³-hybridized carbons (Fsp3) is 0.286. The molecule has 0 fully saturated rings. The summed E-state index contributed by atoms with van der Waals surface area (Å²) >= 11 is 12.4. The lowest BCUT2D eigenvalue weighted by Crippen LogP contribution is -2.52. The van der Waals surface area contributed by atoms with E-state index in [0.717, 1.165) is 11.1 Å².